The molecule has 0 aliphatic heterocycles. The predicted molar refractivity (Wildman–Crippen MR) is 99.0 cm³/mol. The van der Waals surface area contributed by atoms with E-state index in [1.54, 1.807) is 0 Å². The summed E-state index contributed by atoms with van der Waals surface area (Å²) in [7, 11) is 0. The monoisotopic (exact) mass is 449 g/mol. The number of rotatable bonds is 5. The Balaban J connectivity index is 2.31. The molecule has 0 saturated heterocycles. The average Bonchev–Trinajstić information content (AvgIpc) is 2.47. The predicted octanol–water partition coefficient (Wildman–Crippen LogP) is 5.92. The maximum absolute atomic E-state index is 3.77. The SMILES string of the molecule is CCNC(c1cc(I)ccc1Br)C1CCCCC1CC. The second-order valence-electron chi connectivity index (χ2n) is 5.82. The highest BCUT2D eigenvalue weighted by Gasteiger charge is 2.32. The first-order valence-corrected chi connectivity index (χ1v) is 9.72. The molecule has 1 nitrogen and oxygen atoms in total. The van der Waals surface area contributed by atoms with Crippen molar-refractivity contribution in [3.63, 3.8) is 0 Å². The van der Waals surface area contributed by atoms with Gasteiger partial charge >= 0.3 is 0 Å². The van der Waals surface area contributed by atoms with Gasteiger partial charge in [-0.2, -0.15) is 0 Å². The van der Waals surface area contributed by atoms with Gasteiger partial charge in [-0.25, -0.2) is 0 Å². The van der Waals surface area contributed by atoms with Crippen molar-refractivity contribution in [2.24, 2.45) is 11.8 Å². The van der Waals surface area contributed by atoms with Crippen LogP contribution in [-0.2, 0) is 0 Å². The largest absolute Gasteiger partial charge is 0.310 e. The Bertz CT molecular complexity index is 435. The Kier molecular flexibility index (Phi) is 6.82. The molecule has 0 heterocycles. The normalized spacial score (nSPS) is 24.6. The fraction of sp³-hybridized carbons (Fsp3) is 0.647. The second-order valence-corrected chi connectivity index (χ2v) is 7.92. The molecule has 3 heteroatoms. The molecule has 0 radical (unpaired) electrons. The Morgan fingerprint density at radius 2 is 2.05 bits per heavy atom. The molecule has 1 aromatic rings. The van der Waals surface area contributed by atoms with E-state index in [9.17, 15) is 0 Å². The van der Waals surface area contributed by atoms with E-state index >= 15 is 0 Å². The van der Waals surface area contributed by atoms with Crippen molar-refractivity contribution >= 4 is 38.5 Å². The van der Waals surface area contributed by atoms with Crippen LogP contribution in [0.2, 0.25) is 0 Å². The Labute approximate surface area is 145 Å². The molecule has 0 amide bonds. The van der Waals surface area contributed by atoms with Gasteiger partial charge in [-0.3, -0.25) is 0 Å². The van der Waals surface area contributed by atoms with Crippen molar-refractivity contribution in [2.45, 2.75) is 52.0 Å². The summed E-state index contributed by atoms with van der Waals surface area (Å²) in [5, 5.41) is 3.77. The summed E-state index contributed by atoms with van der Waals surface area (Å²) in [5.41, 5.74) is 1.45. The highest BCUT2D eigenvalue weighted by atomic mass is 127. The zero-order chi connectivity index (χ0) is 14.5. The van der Waals surface area contributed by atoms with Gasteiger partial charge in [0.15, 0.2) is 0 Å². The lowest BCUT2D eigenvalue weighted by Crippen LogP contribution is -2.34. The van der Waals surface area contributed by atoms with Crippen LogP contribution in [0, 0.1) is 15.4 Å². The van der Waals surface area contributed by atoms with E-state index in [0.29, 0.717) is 6.04 Å². The molecular weight excluding hydrogens is 425 g/mol. The number of halogens is 2. The Morgan fingerprint density at radius 1 is 1.30 bits per heavy atom. The fourth-order valence-corrected chi connectivity index (χ4v) is 4.66. The summed E-state index contributed by atoms with van der Waals surface area (Å²) in [6.45, 7) is 5.61. The molecule has 1 aliphatic rings. The average molecular weight is 450 g/mol. The first kappa shape index (κ1) is 16.8. The van der Waals surface area contributed by atoms with Crippen LogP contribution in [0.15, 0.2) is 22.7 Å². The van der Waals surface area contributed by atoms with Gasteiger partial charge in [0.05, 0.1) is 0 Å². The molecule has 0 aromatic heterocycles. The van der Waals surface area contributed by atoms with Crippen molar-refractivity contribution in [1.82, 2.24) is 5.32 Å². The van der Waals surface area contributed by atoms with Crippen molar-refractivity contribution in [2.75, 3.05) is 6.54 Å². The Morgan fingerprint density at radius 3 is 2.75 bits per heavy atom. The maximum atomic E-state index is 3.77. The minimum atomic E-state index is 0.495. The van der Waals surface area contributed by atoms with E-state index < -0.39 is 0 Å². The topological polar surface area (TPSA) is 12.0 Å². The zero-order valence-corrected chi connectivity index (χ0v) is 16.2. The van der Waals surface area contributed by atoms with E-state index in [0.717, 1.165) is 18.4 Å². The third kappa shape index (κ3) is 3.98. The van der Waals surface area contributed by atoms with Crippen LogP contribution >= 0.6 is 38.5 Å². The molecule has 1 N–H and O–H groups in total. The van der Waals surface area contributed by atoms with Gasteiger partial charge < -0.3 is 5.32 Å². The van der Waals surface area contributed by atoms with Gasteiger partial charge in [0.1, 0.15) is 0 Å². The highest BCUT2D eigenvalue weighted by molar-refractivity contribution is 14.1. The smallest absolute Gasteiger partial charge is 0.0362 e. The minimum absolute atomic E-state index is 0.495. The Hall–Kier alpha value is 0.390. The van der Waals surface area contributed by atoms with Crippen LogP contribution in [0.4, 0.5) is 0 Å². The van der Waals surface area contributed by atoms with Crippen LogP contribution in [0.1, 0.15) is 57.6 Å². The molecule has 0 bridgehead atoms. The number of nitrogens with one attached hydrogen (secondary N) is 1. The van der Waals surface area contributed by atoms with Crippen LogP contribution in [0.3, 0.4) is 0 Å². The quantitative estimate of drug-likeness (QED) is 0.550. The summed E-state index contributed by atoms with van der Waals surface area (Å²) >= 11 is 6.19. The van der Waals surface area contributed by atoms with Crippen molar-refractivity contribution in [3.8, 4) is 0 Å². The van der Waals surface area contributed by atoms with E-state index in [2.05, 4.69) is 75.9 Å². The summed E-state index contributed by atoms with van der Waals surface area (Å²) in [4.78, 5) is 0. The van der Waals surface area contributed by atoms with E-state index in [1.807, 2.05) is 0 Å². The number of hydrogen-bond donors (Lipinski definition) is 1. The van der Waals surface area contributed by atoms with Crippen LogP contribution in [-0.4, -0.2) is 6.54 Å². The van der Waals surface area contributed by atoms with Crippen LogP contribution in [0.5, 0.6) is 0 Å². The van der Waals surface area contributed by atoms with Crippen LogP contribution in [0.25, 0.3) is 0 Å². The van der Waals surface area contributed by atoms with Gasteiger partial charge in [0.2, 0.25) is 0 Å². The van der Waals surface area contributed by atoms with Gasteiger partial charge in [-0.05, 0) is 71.2 Å². The van der Waals surface area contributed by atoms with Crippen molar-refractivity contribution < 1.29 is 0 Å². The number of hydrogen-bond acceptors (Lipinski definition) is 1. The van der Waals surface area contributed by atoms with Gasteiger partial charge in [-0.1, -0.05) is 55.5 Å². The summed E-state index contributed by atoms with van der Waals surface area (Å²) < 4.78 is 2.58. The summed E-state index contributed by atoms with van der Waals surface area (Å²) in [6.07, 6.45) is 6.90. The second kappa shape index (κ2) is 8.14. The fourth-order valence-electron chi connectivity index (χ4n) is 3.65. The van der Waals surface area contributed by atoms with E-state index in [-0.39, 0.29) is 0 Å². The molecule has 2 rings (SSSR count). The lowest BCUT2D eigenvalue weighted by atomic mass is 9.72. The molecule has 112 valence electrons. The van der Waals surface area contributed by atoms with Gasteiger partial charge in [0.25, 0.3) is 0 Å². The van der Waals surface area contributed by atoms with Crippen LogP contribution < -0.4 is 5.32 Å². The molecular formula is C17H25BrIN. The molecule has 0 spiro atoms. The standard InChI is InChI=1S/C17H25BrIN/c1-3-12-7-5-6-8-14(12)17(20-4-2)15-11-13(19)9-10-16(15)18/h9-12,14,17,20H,3-8H2,1-2H3. The van der Waals surface area contributed by atoms with Crippen molar-refractivity contribution in [1.29, 1.82) is 0 Å². The molecule has 20 heavy (non-hydrogen) atoms. The zero-order valence-electron chi connectivity index (χ0n) is 12.5. The molecule has 3 unspecified atom stereocenters. The van der Waals surface area contributed by atoms with Gasteiger partial charge in [-0.15, -0.1) is 0 Å². The number of benzene rings is 1. The molecule has 1 aromatic carbocycles. The third-order valence-corrected chi connectivity index (χ3v) is 6.03. The van der Waals surface area contributed by atoms with E-state index in [4.69, 9.17) is 0 Å². The lowest BCUT2D eigenvalue weighted by molar-refractivity contribution is 0.176. The lowest BCUT2D eigenvalue weighted by Gasteiger charge is -2.38. The van der Waals surface area contributed by atoms with Gasteiger partial charge in [0, 0.05) is 14.1 Å². The molecule has 3 atom stereocenters. The first-order valence-electron chi connectivity index (χ1n) is 7.85. The molecule has 1 fully saturated rings. The molecule has 1 aliphatic carbocycles. The molecule has 1 saturated carbocycles. The highest BCUT2D eigenvalue weighted by Crippen LogP contribution is 2.42. The maximum Gasteiger partial charge on any atom is 0.0362 e. The minimum Gasteiger partial charge on any atom is -0.310 e. The summed E-state index contributed by atoms with van der Waals surface area (Å²) in [6, 6.07) is 7.22. The van der Waals surface area contributed by atoms with E-state index in [1.165, 1.54) is 45.7 Å². The van der Waals surface area contributed by atoms with Crippen molar-refractivity contribution in [3.05, 3.63) is 31.8 Å². The summed E-state index contributed by atoms with van der Waals surface area (Å²) in [5.74, 6) is 1.65. The third-order valence-electron chi connectivity index (χ3n) is 4.64. The first-order chi connectivity index (χ1) is 9.67.